The van der Waals surface area contributed by atoms with Crippen molar-refractivity contribution in [3.63, 3.8) is 0 Å². The first-order valence-electron chi connectivity index (χ1n) is 6.18. The highest BCUT2D eigenvalue weighted by atomic mass is 16.5. The van der Waals surface area contributed by atoms with Crippen molar-refractivity contribution in [3.8, 4) is 0 Å². The Hall–Kier alpha value is -0.0400. The van der Waals surface area contributed by atoms with Gasteiger partial charge < -0.3 is 4.74 Å². The molecule has 82 valence electrons. The Morgan fingerprint density at radius 3 is 2.50 bits per heavy atom. The van der Waals surface area contributed by atoms with E-state index in [9.17, 15) is 0 Å². The summed E-state index contributed by atoms with van der Waals surface area (Å²) in [5.41, 5.74) is 0.709. The second-order valence-electron chi connectivity index (χ2n) is 5.87. The first-order chi connectivity index (χ1) is 6.54. The zero-order valence-electron chi connectivity index (χ0n) is 10.1. The minimum absolute atomic E-state index is 0.244. The average molecular weight is 196 g/mol. The van der Waals surface area contributed by atoms with Gasteiger partial charge in [-0.3, -0.25) is 0 Å². The molecule has 0 amide bonds. The number of hydrogen-bond donors (Lipinski definition) is 0. The summed E-state index contributed by atoms with van der Waals surface area (Å²) >= 11 is 0. The molecule has 4 atom stereocenters. The molecule has 1 saturated heterocycles. The monoisotopic (exact) mass is 196 g/mol. The third-order valence-electron chi connectivity index (χ3n) is 5.01. The van der Waals surface area contributed by atoms with E-state index in [1.165, 1.54) is 25.7 Å². The fraction of sp³-hybridized carbons (Fsp3) is 1.00. The van der Waals surface area contributed by atoms with Gasteiger partial charge in [-0.1, -0.05) is 27.7 Å². The smallest absolute Gasteiger partial charge is 0.0783 e. The highest BCUT2D eigenvalue weighted by molar-refractivity contribution is 5.08. The predicted octanol–water partition coefficient (Wildman–Crippen LogP) is 3.63. The van der Waals surface area contributed by atoms with E-state index in [4.69, 9.17) is 4.74 Å². The molecule has 1 nitrogen and oxygen atoms in total. The third-order valence-corrected chi connectivity index (χ3v) is 5.01. The maximum atomic E-state index is 6.03. The summed E-state index contributed by atoms with van der Waals surface area (Å²) in [5, 5.41) is 0. The van der Waals surface area contributed by atoms with Gasteiger partial charge >= 0.3 is 0 Å². The Kier molecular flexibility index (Phi) is 2.42. The Balaban J connectivity index is 2.16. The van der Waals surface area contributed by atoms with Crippen LogP contribution in [0.3, 0.4) is 0 Å². The normalized spacial score (nSPS) is 53.1. The second-order valence-corrected chi connectivity index (χ2v) is 5.87. The molecular formula is C13H24O. The summed E-state index contributed by atoms with van der Waals surface area (Å²) < 4.78 is 6.03. The van der Waals surface area contributed by atoms with Crippen LogP contribution < -0.4 is 0 Å². The summed E-state index contributed by atoms with van der Waals surface area (Å²) in [6.07, 6.45) is 5.28. The van der Waals surface area contributed by atoms with Gasteiger partial charge in [0.1, 0.15) is 0 Å². The quantitative estimate of drug-likeness (QED) is 0.622. The summed E-state index contributed by atoms with van der Waals surface area (Å²) in [6, 6.07) is 0. The van der Waals surface area contributed by atoms with E-state index in [0.29, 0.717) is 5.41 Å². The van der Waals surface area contributed by atoms with E-state index in [1.807, 2.05) is 0 Å². The topological polar surface area (TPSA) is 9.23 Å². The fourth-order valence-corrected chi connectivity index (χ4v) is 3.64. The predicted molar refractivity (Wildman–Crippen MR) is 59.3 cm³/mol. The van der Waals surface area contributed by atoms with Crippen LogP contribution in [0.25, 0.3) is 0 Å². The van der Waals surface area contributed by atoms with Crippen LogP contribution in [-0.2, 0) is 4.74 Å². The van der Waals surface area contributed by atoms with Crippen LogP contribution in [-0.4, -0.2) is 12.2 Å². The van der Waals surface area contributed by atoms with Crippen LogP contribution in [0.4, 0.5) is 0 Å². The molecule has 0 radical (unpaired) electrons. The second kappa shape index (κ2) is 3.23. The summed E-state index contributed by atoms with van der Waals surface area (Å²) in [4.78, 5) is 0. The van der Waals surface area contributed by atoms with E-state index in [0.717, 1.165) is 18.4 Å². The SMILES string of the molecule is CCC1(C)COC12CCC(C)CC2C. The van der Waals surface area contributed by atoms with Crippen molar-refractivity contribution in [1.29, 1.82) is 0 Å². The largest absolute Gasteiger partial charge is 0.373 e. The van der Waals surface area contributed by atoms with Crippen molar-refractivity contribution in [3.05, 3.63) is 0 Å². The Morgan fingerprint density at radius 1 is 1.36 bits per heavy atom. The van der Waals surface area contributed by atoms with Gasteiger partial charge in [0.05, 0.1) is 12.2 Å². The fourth-order valence-electron chi connectivity index (χ4n) is 3.64. The summed E-state index contributed by atoms with van der Waals surface area (Å²) in [5.74, 6) is 1.66. The van der Waals surface area contributed by atoms with E-state index in [1.54, 1.807) is 0 Å². The lowest BCUT2D eigenvalue weighted by Gasteiger charge is -2.63. The Morgan fingerprint density at radius 2 is 2.07 bits per heavy atom. The van der Waals surface area contributed by atoms with E-state index in [-0.39, 0.29) is 5.60 Å². The molecule has 0 N–H and O–H groups in total. The molecule has 1 heterocycles. The zero-order valence-corrected chi connectivity index (χ0v) is 10.1. The molecule has 4 unspecified atom stereocenters. The summed E-state index contributed by atoms with van der Waals surface area (Å²) in [6.45, 7) is 10.5. The van der Waals surface area contributed by atoms with Crippen LogP contribution in [0, 0.1) is 17.3 Å². The van der Waals surface area contributed by atoms with Gasteiger partial charge in [0.2, 0.25) is 0 Å². The van der Waals surface area contributed by atoms with Crippen molar-refractivity contribution >= 4 is 0 Å². The van der Waals surface area contributed by atoms with Crippen LogP contribution in [0.15, 0.2) is 0 Å². The molecule has 0 bridgehead atoms. The summed E-state index contributed by atoms with van der Waals surface area (Å²) in [7, 11) is 0. The van der Waals surface area contributed by atoms with Gasteiger partial charge in [0.15, 0.2) is 0 Å². The molecule has 1 spiro atoms. The van der Waals surface area contributed by atoms with Crippen LogP contribution in [0.5, 0.6) is 0 Å². The van der Waals surface area contributed by atoms with Crippen molar-refractivity contribution in [2.45, 2.75) is 59.0 Å². The van der Waals surface area contributed by atoms with Gasteiger partial charge in [0, 0.05) is 5.41 Å². The maximum Gasteiger partial charge on any atom is 0.0783 e. The van der Waals surface area contributed by atoms with Crippen molar-refractivity contribution in [1.82, 2.24) is 0 Å². The number of ether oxygens (including phenoxy) is 1. The molecule has 0 aromatic carbocycles. The number of hydrogen-bond acceptors (Lipinski definition) is 1. The highest BCUT2D eigenvalue weighted by Gasteiger charge is 2.60. The molecule has 0 aromatic rings. The standard InChI is InChI=1S/C13H24O/c1-5-12(4)9-14-13(12)7-6-10(2)8-11(13)3/h10-11H,5-9H2,1-4H3. The Bertz CT molecular complexity index is 221. The van der Waals surface area contributed by atoms with Gasteiger partial charge in [-0.15, -0.1) is 0 Å². The van der Waals surface area contributed by atoms with E-state index < -0.39 is 0 Å². The molecule has 2 rings (SSSR count). The maximum absolute atomic E-state index is 6.03. The molecule has 14 heavy (non-hydrogen) atoms. The lowest BCUT2D eigenvalue weighted by atomic mass is 9.55. The lowest BCUT2D eigenvalue weighted by molar-refractivity contribution is -0.299. The molecule has 2 fully saturated rings. The average Bonchev–Trinajstić information content (AvgIpc) is 2.15. The lowest BCUT2D eigenvalue weighted by Crippen LogP contribution is -2.66. The minimum atomic E-state index is 0.244. The zero-order chi connectivity index (χ0) is 10.4. The van der Waals surface area contributed by atoms with Gasteiger partial charge in [-0.05, 0) is 37.5 Å². The van der Waals surface area contributed by atoms with Gasteiger partial charge in [-0.2, -0.15) is 0 Å². The van der Waals surface area contributed by atoms with Crippen LogP contribution in [0.1, 0.15) is 53.4 Å². The van der Waals surface area contributed by atoms with Crippen molar-refractivity contribution in [2.24, 2.45) is 17.3 Å². The molecule has 2 aliphatic rings. The molecule has 1 saturated carbocycles. The number of rotatable bonds is 1. The Labute approximate surface area is 88.2 Å². The first-order valence-corrected chi connectivity index (χ1v) is 6.18. The highest BCUT2D eigenvalue weighted by Crippen LogP contribution is 2.57. The van der Waals surface area contributed by atoms with Gasteiger partial charge in [-0.25, -0.2) is 0 Å². The van der Waals surface area contributed by atoms with Crippen molar-refractivity contribution in [2.75, 3.05) is 6.61 Å². The van der Waals surface area contributed by atoms with E-state index in [2.05, 4.69) is 27.7 Å². The first kappa shape index (κ1) is 10.5. The molecule has 1 heteroatoms. The van der Waals surface area contributed by atoms with Crippen LogP contribution >= 0.6 is 0 Å². The third kappa shape index (κ3) is 1.18. The molecular weight excluding hydrogens is 172 g/mol. The van der Waals surface area contributed by atoms with E-state index >= 15 is 0 Å². The molecule has 1 aliphatic carbocycles. The van der Waals surface area contributed by atoms with Gasteiger partial charge in [0.25, 0.3) is 0 Å². The molecule has 1 aliphatic heterocycles. The van der Waals surface area contributed by atoms with Crippen molar-refractivity contribution < 1.29 is 4.74 Å². The minimum Gasteiger partial charge on any atom is -0.373 e. The molecule has 0 aromatic heterocycles. The van der Waals surface area contributed by atoms with Crippen LogP contribution in [0.2, 0.25) is 0 Å².